The Morgan fingerprint density at radius 1 is 1.06 bits per heavy atom. The summed E-state index contributed by atoms with van der Waals surface area (Å²) in [5.74, 6) is 0.130. The van der Waals surface area contributed by atoms with E-state index in [9.17, 15) is 4.79 Å². The van der Waals surface area contributed by atoms with Crippen molar-refractivity contribution in [3.8, 4) is 0 Å². The highest BCUT2D eigenvalue weighted by Gasteiger charge is 2.18. The quantitative estimate of drug-likeness (QED) is 0.565. The molecule has 0 radical (unpaired) electrons. The van der Waals surface area contributed by atoms with E-state index in [-0.39, 0.29) is 5.78 Å². The zero-order chi connectivity index (χ0) is 12.5. The van der Waals surface area contributed by atoms with E-state index in [0.717, 1.165) is 22.6 Å². The minimum atomic E-state index is 0.130. The molecule has 1 nitrogen and oxygen atoms in total. The highest BCUT2D eigenvalue weighted by Crippen LogP contribution is 2.32. The number of halogens is 1. The molecular formula is C14H13ClOS2. The summed E-state index contributed by atoms with van der Waals surface area (Å²) in [7, 11) is 0. The fourth-order valence-electron chi connectivity index (χ4n) is 2.34. The van der Waals surface area contributed by atoms with Crippen molar-refractivity contribution in [2.45, 2.75) is 32.1 Å². The first-order chi connectivity index (χ1) is 8.74. The molecule has 0 saturated heterocycles. The van der Waals surface area contributed by atoms with Crippen LogP contribution in [0.1, 0.15) is 44.3 Å². The Balaban J connectivity index is 1.91. The Morgan fingerprint density at radius 3 is 2.67 bits per heavy atom. The van der Waals surface area contributed by atoms with Crippen LogP contribution in [0.4, 0.5) is 0 Å². The number of aryl methyl sites for hydroxylation is 2. The zero-order valence-electron chi connectivity index (χ0n) is 9.87. The molecule has 0 saturated carbocycles. The zero-order valence-corrected chi connectivity index (χ0v) is 12.3. The van der Waals surface area contributed by atoms with Crippen molar-refractivity contribution in [1.82, 2.24) is 0 Å². The van der Waals surface area contributed by atoms with Gasteiger partial charge in [0.1, 0.15) is 0 Å². The molecule has 18 heavy (non-hydrogen) atoms. The third-order valence-electron chi connectivity index (χ3n) is 3.27. The molecule has 0 fully saturated rings. The molecule has 94 valence electrons. The van der Waals surface area contributed by atoms with E-state index in [4.69, 9.17) is 11.6 Å². The molecule has 0 N–H and O–H groups in total. The van der Waals surface area contributed by atoms with Gasteiger partial charge < -0.3 is 0 Å². The summed E-state index contributed by atoms with van der Waals surface area (Å²) in [5, 5.41) is 0. The van der Waals surface area contributed by atoms with Gasteiger partial charge in [-0.3, -0.25) is 4.79 Å². The maximum Gasteiger partial charge on any atom is 0.212 e. The fourth-order valence-corrected chi connectivity index (χ4v) is 4.61. The number of fused-ring (bicyclic) bond motifs is 1. The molecule has 0 amide bonds. The van der Waals surface area contributed by atoms with Crippen LogP contribution < -0.4 is 0 Å². The van der Waals surface area contributed by atoms with Crippen LogP contribution >= 0.6 is 34.3 Å². The molecule has 3 rings (SSSR count). The van der Waals surface area contributed by atoms with Crippen LogP contribution in [0, 0.1) is 0 Å². The Labute approximate surface area is 119 Å². The lowest BCUT2D eigenvalue weighted by Crippen LogP contribution is -1.94. The Bertz CT molecular complexity index is 559. The van der Waals surface area contributed by atoms with Gasteiger partial charge in [-0.25, -0.2) is 0 Å². The lowest BCUT2D eigenvalue weighted by atomic mass is 10.1. The molecule has 1 aliphatic rings. The summed E-state index contributed by atoms with van der Waals surface area (Å²) in [6.07, 6.45) is 6.09. The van der Waals surface area contributed by atoms with Crippen molar-refractivity contribution in [3.63, 3.8) is 0 Å². The maximum absolute atomic E-state index is 12.3. The Morgan fingerprint density at radius 2 is 1.89 bits per heavy atom. The predicted molar refractivity (Wildman–Crippen MR) is 78.3 cm³/mol. The summed E-state index contributed by atoms with van der Waals surface area (Å²) in [6, 6.07) is 5.71. The molecule has 0 spiro atoms. The molecule has 4 heteroatoms. The molecule has 2 aromatic heterocycles. The third kappa shape index (κ3) is 2.40. The highest BCUT2D eigenvalue weighted by molar-refractivity contribution is 7.20. The SMILES string of the molecule is O=C(c1ccc(Cl)s1)c1cc2c(s1)CCCCC2. The van der Waals surface area contributed by atoms with Gasteiger partial charge in [0, 0.05) is 4.88 Å². The van der Waals surface area contributed by atoms with E-state index in [1.165, 1.54) is 41.0 Å². The Hall–Kier alpha value is -0.640. The second-order valence-electron chi connectivity index (χ2n) is 4.55. The van der Waals surface area contributed by atoms with Gasteiger partial charge >= 0.3 is 0 Å². The smallest absolute Gasteiger partial charge is 0.212 e. The van der Waals surface area contributed by atoms with Gasteiger partial charge in [-0.15, -0.1) is 22.7 Å². The molecule has 2 heterocycles. The Kier molecular flexibility index (Phi) is 3.55. The third-order valence-corrected chi connectivity index (χ3v) is 5.73. The van der Waals surface area contributed by atoms with Gasteiger partial charge in [0.25, 0.3) is 0 Å². The maximum atomic E-state index is 12.3. The molecule has 0 atom stereocenters. The van der Waals surface area contributed by atoms with Gasteiger partial charge in [-0.1, -0.05) is 18.0 Å². The number of carbonyl (C=O) groups is 1. The number of hydrogen-bond donors (Lipinski definition) is 0. The van der Waals surface area contributed by atoms with Crippen LogP contribution in [0.15, 0.2) is 18.2 Å². The van der Waals surface area contributed by atoms with E-state index < -0.39 is 0 Å². The fraction of sp³-hybridized carbons (Fsp3) is 0.357. The summed E-state index contributed by atoms with van der Waals surface area (Å²) in [6.45, 7) is 0. The molecule has 0 aromatic carbocycles. The van der Waals surface area contributed by atoms with Crippen molar-refractivity contribution in [3.05, 3.63) is 42.7 Å². The van der Waals surface area contributed by atoms with Gasteiger partial charge in [0.05, 0.1) is 14.1 Å². The number of rotatable bonds is 2. The largest absolute Gasteiger partial charge is 0.287 e. The average molecular weight is 297 g/mol. The number of carbonyl (C=O) groups excluding carboxylic acids is 1. The highest BCUT2D eigenvalue weighted by atomic mass is 35.5. The molecule has 2 aromatic rings. The summed E-state index contributed by atoms with van der Waals surface area (Å²) in [4.78, 5) is 15.4. The van der Waals surface area contributed by atoms with Crippen molar-refractivity contribution in [2.75, 3.05) is 0 Å². The van der Waals surface area contributed by atoms with Crippen LogP contribution in [-0.4, -0.2) is 5.78 Å². The number of hydrogen-bond acceptors (Lipinski definition) is 3. The second-order valence-corrected chi connectivity index (χ2v) is 7.40. The van der Waals surface area contributed by atoms with Crippen molar-refractivity contribution in [1.29, 1.82) is 0 Å². The predicted octanol–water partition coefficient (Wildman–Crippen LogP) is 4.96. The van der Waals surface area contributed by atoms with Gasteiger partial charge in [-0.05, 0) is 49.4 Å². The van der Waals surface area contributed by atoms with Gasteiger partial charge in [-0.2, -0.15) is 0 Å². The van der Waals surface area contributed by atoms with Gasteiger partial charge in [0.2, 0.25) is 5.78 Å². The van der Waals surface area contributed by atoms with Crippen molar-refractivity contribution >= 4 is 40.1 Å². The van der Waals surface area contributed by atoms with E-state index >= 15 is 0 Å². The first-order valence-corrected chi connectivity index (χ1v) is 8.17. The van der Waals surface area contributed by atoms with Crippen LogP contribution in [0.5, 0.6) is 0 Å². The van der Waals surface area contributed by atoms with Crippen LogP contribution in [-0.2, 0) is 12.8 Å². The molecular weight excluding hydrogens is 284 g/mol. The average Bonchev–Trinajstić information content (AvgIpc) is 2.90. The van der Waals surface area contributed by atoms with E-state index in [0.29, 0.717) is 4.34 Å². The summed E-state index contributed by atoms with van der Waals surface area (Å²) < 4.78 is 0.677. The first kappa shape index (κ1) is 12.4. The van der Waals surface area contributed by atoms with Gasteiger partial charge in [0.15, 0.2) is 0 Å². The first-order valence-electron chi connectivity index (χ1n) is 6.15. The minimum absolute atomic E-state index is 0.130. The summed E-state index contributed by atoms with van der Waals surface area (Å²) in [5.41, 5.74) is 1.39. The molecule has 0 bridgehead atoms. The lowest BCUT2D eigenvalue weighted by Gasteiger charge is -1.93. The van der Waals surface area contributed by atoms with Crippen LogP contribution in [0.2, 0.25) is 4.34 Å². The number of thiophene rings is 2. The van der Waals surface area contributed by atoms with Crippen LogP contribution in [0.25, 0.3) is 0 Å². The monoisotopic (exact) mass is 296 g/mol. The number of ketones is 1. The van der Waals surface area contributed by atoms with Crippen molar-refractivity contribution < 1.29 is 4.79 Å². The standard InChI is InChI=1S/C14H13ClOS2/c15-13-7-6-11(18-13)14(16)12-8-9-4-2-1-3-5-10(9)17-12/h6-8H,1-5H2. The van der Waals surface area contributed by atoms with E-state index in [1.807, 2.05) is 6.07 Å². The molecule has 0 unspecified atom stereocenters. The van der Waals surface area contributed by atoms with Crippen molar-refractivity contribution in [2.24, 2.45) is 0 Å². The summed E-state index contributed by atoms with van der Waals surface area (Å²) >= 11 is 8.92. The lowest BCUT2D eigenvalue weighted by molar-refractivity contribution is 0.104. The van der Waals surface area contributed by atoms with Crippen LogP contribution in [0.3, 0.4) is 0 Å². The minimum Gasteiger partial charge on any atom is -0.287 e. The van der Waals surface area contributed by atoms with E-state index in [2.05, 4.69) is 6.07 Å². The molecule has 0 aliphatic heterocycles. The van der Waals surface area contributed by atoms with E-state index in [1.54, 1.807) is 17.4 Å². The topological polar surface area (TPSA) is 17.1 Å². The molecule has 1 aliphatic carbocycles. The normalized spacial score (nSPS) is 15.2. The second kappa shape index (κ2) is 5.16.